The number of rotatable bonds is 11. The average Bonchev–Trinajstić information content (AvgIpc) is 3.21. The maximum Gasteiger partial charge on any atom is 0.471 e. The monoisotopic (exact) mass is 459 g/mol. The summed E-state index contributed by atoms with van der Waals surface area (Å²) in [5, 5.41) is 0. The number of phosphoric acid groups is 1. The molecule has 0 spiro atoms. The molecule has 0 amide bonds. The maximum absolute atomic E-state index is 10.8. The zero-order chi connectivity index (χ0) is 22.3. The second-order valence-electron chi connectivity index (χ2n) is 8.01. The van der Waals surface area contributed by atoms with Crippen LogP contribution in [0.25, 0.3) is 0 Å². The minimum atomic E-state index is -4.50. The highest BCUT2D eigenvalue weighted by atomic mass is 31.2. The van der Waals surface area contributed by atoms with Crippen molar-refractivity contribution >= 4 is 7.82 Å². The highest BCUT2D eigenvalue weighted by Crippen LogP contribution is 2.36. The van der Waals surface area contributed by atoms with Gasteiger partial charge in [-0.05, 0) is 43.4 Å². The Balaban J connectivity index is 1.47. The summed E-state index contributed by atoms with van der Waals surface area (Å²) < 4.78 is 37.7. The van der Waals surface area contributed by atoms with Crippen LogP contribution in [0.15, 0.2) is 18.2 Å². The fourth-order valence-electron chi connectivity index (χ4n) is 4.44. The van der Waals surface area contributed by atoms with Gasteiger partial charge >= 0.3 is 7.82 Å². The molecule has 31 heavy (non-hydrogen) atoms. The molecule has 1 saturated heterocycles. The van der Waals surface area contributed by atoms with Crippen molar-refractivity contribution in [3.63, 3.8) is 0 Å². The largest absolute Gasteiger partial charge is 0.493 e. The number of phosphoric ester groups is 1. The number of hydrogen-bond donors (Lipinski definition) is 2. The molecule has 1 aliphatic heterocycles. The van der Waals surface area contributed by atoms with Crippen molar-refractivity contribution in [3.8, 4) is 11.5 Å². The topological polar surface area (TPSA) is 107 Å². The van der Waals surface area contributed by atoms with Crippen LogP contribution in [0.3, 0.4) is 0 Å². The van der Waals surface area contributed by atoms with Crippen molar-refractivity contribution in [1.29, 1.82) is 0 Å². The van der Waals surface area contributed by atoms with Crippen LogP contribution in [0.2, 0.25) is 0 Å². The van der Waals surface area contributed by atoms with Crippen LogP contribution in [-0.4, -0.2) is 73.6 Å². The predicted molar refractivity (Wildman–Crippen MR) is 114 cm³/mol. The van der Waals surface area contributed by atoms with E-state index >= 15 is 0 Å². The fourth-order valence-corrected chi connectivity index (χ4v) is 4.64. The number of hydrogen-bond acceptors (Lipinski definition) is 7. The summed E-state index contributed by atoms with van der Waals surface area (Å²) in [6.45, 7) is 1.87. The Kier molecular flexibility index (Phi) is 9.16. The van der Waals surface area contributed by atoms with Gasteiger partial charge in [0.05, 0.1) is 33.0 Å². The molecule has 2 fully saturated rings. The van der Waals surface area contributed by atoms with Crippen LogP contribution >= 0.6 is 7.82 Å². The zero-order valence-electron chi connectivity index (χ0n) is 18.3. The number of likely N-dealkylation sites (tertiary alicyclic amines) is 1. The SMILES string of the molecule is COc1ccc(CCO[C@@H]2CCCC[C@@H]2N2CC[C@@H](OCOP(=O)(O)O)C2)cc1OC. The molecular weight excluding hydrogens is 425 g/mol. The Morgan fingerprint density at radius 2 is 1.84 bits per heavy atom. The van der Waals surface area contributed by atoms with E-state index in [0.717, 1.165) is 55.8 Å². The number of benzene rings is 1. The number of ether oxygens (including phenoxy) is 4. The molecule has 2 N–H and O–H groups in total. The molecular formula is C21H34NO8P. The van der Waals surface area contributed by atoms with E-state index in [-0.39, 0.29) is 12.2 Å². The van der Waals surface area contributed by atoms with Crippen molar-refractivity contribution < 1.29 is 37.8 Å². The lowest BCUT2D eigenvalue weighted by molar-refractivity contribution is -0.0552. The smallest absolute Gasteiger partial charge is 0.471 e. The first-order valence-corrected chi connectivity index (χ1v) is 12.3. The Morgan fingerprint density at radius 3 is 2.58 bits per heavy atom. The molecule has 176 valence electrons. The molecule has 0 aromatic heterocycles. The van der Waals surface area contributed by atoms with E-state index in [9.17, 15) is 4.57 Å². The molecule has 0 bridgehead atoms. The van der Waals surface area contributed by atoms with Crippen molar-refractivity contribution in [2.24, 2.45) is 0 Å². The van der Waals surface area contributed by atoms with Gasteiger partial charge in [0, 0.05) is 19.1 Å². The molecule has 1 saturated carbocycles. The maximum atomic E-state index is 10.8. The van der Waals surface area contributed by atoms with Crippen molar-refractivity contribution in [1.82, 2.24) is 4.90 Å². The van der Waals surface area contributed by atoms with Gasteiger partial charge in [-0.3, -0.25) is 9.42 Å². The van der Waals surface area contributed by atoms with Gasteiger partial charge in [0.15, 0.2) is 18.3 Å². The molecule has 0 radical (unpaired) electrons. The summed E-state index contributed by atoms with van der Waals surface area (Å²) in [7, 11) is -1.23. The minimum Gasteiger partial charge on any atom is -0.493 e. The van der Waals surface area contributed by atoms with Crippen molar-refractivity contribution in [2.45, 2.75) is 56.8 Å². The van der Waals surface area contributed by atoms with Gasteiger partial charge in [-0.2, -0.15) is 0 Å². The summed E-state index contributed by atoms with van der Waals surface area (Å²) >= 11 is 0. The molecule has 0 unspecified atom stereocenters. The van der Waals surface area contributed by atoms with E-state index in [1.54, 1.807) is 14.2 Å². The van der Waals surface area contributed by atoms with Gasteiger partial charge in [0.2, 0.25) is 0 Å². The molecule has 1 aromatic carbocycles. The number of nitrogens with zero attached hydrogens (tertiary/aromatic N) is 1. The van der Waals surface area contributed by atoms with E-state index in [1.807, 2.05) is 18.2 Å². The second-order valence-corrected chi connectivity index (χ2v) is 9.25. The van der Waals surface area contributed by atoms with E-state index in [0.29, 0.717) is 12.6 Å². The Morgan fingerprint density at radius 1 is 1.06 bits per heavy atom. The molecule has 3 rings (SSSR count). The lowest BCUT2D eigenvalue weighted by Crippen LogP contribution is -2.46. The van der Waals surface area contributed by atoms with Gasteiger partial charge in [-0.1, -0.05) is 18.9 Å². The second kappa shape index (κ2) is 11.6. The summed E-state index contributed by atoms with van der Waals surface area (Å²) in [4.78, 5) is 19.9. The summed E-state index contributed by atoms with van der Waals surface area (Å²) in [5.74, 6) is 1.44. The first-order chi connectivity index (χ1) is 14.9. The van der Waals surface area contributed by atoms with Crippen LogP contribution in [0.5, 0.6) is 11.5 Å². The van der Waals surface area contributed by atoms with E-state index in [1.165, 1.54) is 12.8 Å². The molecule has 3 atom stereocenters. The lowest BCUT2D eigenvalue weighted by atomic mass is 9.91. The Bertz CT molecular complexity index is 742. The van der Waals surface area contributed by atoms with Crippen LogP contribution < -0.4 is 9.47 Å². The molecule has 10 heteroatoms. The van der Waals surface area contributed by atoms with Crippen LogP contribution in [-0.2, 0) is 25.0 Å². The first-order valence-electron chi connectivity index (χ1n) is 10.8. The minimum absolute atomic E-state index is 0.0825. The van der Waals surface area contributed by atoms with Crippen molar-refractivity contribution in [3.05, 3.63) is 23.8 Å². The molecule has 9 nitrogen and oxygen atoms in total. The zero-order valence-corrected chi connectivity index (χ0v) is 19.2. The van der Waals surface area contributed by atoms with Gasteiger partial charge in [0.25, 0.3) is 0 Å². The lowest BCUT2D eigenvalue weighted by Gasteiger charge is -2.37. The first kappa shape index (κ1) is 24.5. The summed E-state index contributed by atoms with van der Waals surface area (Å²) in [6, 6.07) is 6.28. The van der Waals surface area contributed by atoms with Gasteiger partial charge in [-0.15, -0.1) is 0 Å². The Labute approximate surface area is 183 Å². The molecule has 1 aliphatic carbocycles. The van der Waals surface area contributed by atoms with E-state index in [4.69, 9.17) is 28.7 Å². The Hall–Kier alpha value is -1.19. The highest BCUT2D eigenvalue weighted by molar-refractivity contribution is 7.46. The van der Waals surface area contributed by atoms with Crippen molar-refractivity contribution in [2.75, 3.05) is 40.7 Å². The quantitative estimate of drug-likeness (QED) is 0.382. The van der Waals surface area contributed by atoms with E-state index in [2.05, 4.69) is 9.42 Å². The number of methoxy groups -OCH3 is 2. The standard InChI is InChI=1S/C21H34NO8P/c1-26-20-8-7-16(13-21(20)27-2)10-12-28-19-6-4-3-5-18(19)22-11-9-17(14-22)29-15-30-31(23,24)25/h7-8,13,17-19H,3-6,9-12,14-15H2,1-2H3,(H2,23,24,25)/t17-,18+,19-/m1/s1. The van der Waals surface area contributed by atoms with Crippen LogP contribution in [0, 0.1) is 0 Å². The highest BCUT2D eigenvalue weighted by Gasteiger charge is 2.35. The predicted octanol–water partition coefficient (Wildman–Crippen LogP) is 2.73. The van der Waals surface area contributed by atoms with Gasteiger partial charge < -0.3 is 28.7 Å². The van der Waals surface area contributed by atoms with Gasteiger partial charge in [0.1, 0.15) is 0 Å². The molecule has 2 aliphatic rings. The van der Waals surface area contributed by atoms with Crippen LogP contribution in [0.4, 0.5) is 0 Å². The third-order valence-electron chi connectivity index (χ3n) is 6.01. The van der Waals surface area contributed by atoms with Gasteiger partial charge in [-0.25, -0.2) is 4.57 Å². The molecule has 1 heterocycles. The summed E-state index contributed by atoms with van der Waals surface area (Å²) in [6.07, 6.45) is 6.20. The van der Waals surface area contributed by atoms with Crippen LogP contribution in [0.1, 0.15) is 37.7 Å². The average molecular weight is 459 g/mol. The third kappa shape index (κ3) is 7.43. The normalized spacial score (nSPS) is 25.0. The van der Waals surface area contributed by atoms with E-state index < -0.39 is 14.6 Å². The fraction of sp³-hybridized carbons (Fsp3) is 0.714. The third-order valence-corrected chi connectivity index (χ3v) is 6.45. The molecule has 1 aromatic rings. The summed E-state index contributed by atoms with van der Waals surface area (Å²) in [5.41, 5.74) is 1.14.